The molecule has 0 bridgehead atoms. The Kier molecular flexibility index (Phi) is 5.41. The van der Waals surface area contributed by atoms with Crippen LogP contribution in [0.2, 0.25) is 0 Å². The van der Waals surface area contributed by atoms with Crippen molar-refractivity contribution in [2.75, 3.05) is 10.6 Å². The number of nitrogens with zero attached hydrogens (tertiary/aromatic N) is 2. The van der Waals surface area contributed by atoms with Crippen molar-refractivity contribution in [1.29, 1.82) is 0 Å². The van der Waals surface area contributed by atoms with Gasteiger partial charge in [0.1, 0.15) is 17.1 Å². The first-order valence-corrected chi connectivity index (χ1v) is 9.49. The minimum absolute atomic E-state index is 0.0183. The third-order valence-corrected chi connectivity index (χ3v) is 5.33. The molecule has 0 saturated heterocycles. The van der Waals surface area contributed by atoms with E-state index in [1.165, 1.54) is 24.9 Å². The van der Waals surface area contributed by atoms with Gasteiger partial charge in [-0.3, -0.25) is 24.2 Å². The SMILES string of the molecule is CC[C@@H](Nc1c(Nc2cn(C)c(=O)cc2O)c(=O)n(C)[nH]c1=O)c1cccs1. The van der Waals surface area contributed by atoms with Crippen LogP contribution in [0.4, 0.5) is 17.1 Å². The van der Waals surface area contributed by atoms with Gasteiger partial charge in [-0.2, -0.15) is 0 Å². The number of thiophene rings is 1. The van der Waals surface area contributed by atoms with Crippen molar-refractivity contribution in [2.24, 2.45) is 14.1 Å². The van der Waals surface area contributed by atoms with E-state index in [2.05, 4.69) is 15.7 Å². The fourth-order valence-corrected chi connectivity index (χ4v) is 3.65. The van der Waals surface area contributed by atoms with E-state index in [0.29, 0.717) is 6.42 Å². The molecule has 9 nitrogen and oxygen atoms in total. The summed E-state index contributed by atoms with van der Waals surface area (Å²) in [5, 5.41) is 20.5. The van der Waals surface area contributed by atoms with Crippen molar-refractivity contribution in [2.45, 2.75) is 19.4 Å². The Morgan fingerprint density at radius 1 is 1.25 bits per heavy atom. The highest BCUT2D eigenvalue weighted by atomic mass is 32.1. The topological polar surface area (TPSA) is 121 Å². The molecule has 3 aromatic heterocycles. The van der Waals surface area contributed by atoms with Gasteiger partial charge < -0.3 is 20.3 Å². The number of rotatable bonds is 6. The molecule has 28 heavy (non-hydrogen) atoms. The number of anilines is 3. The van der Waals surface area contributed by atoms with E-state index >= 15 is 0 Å². The second kappa shape index (κ2) is 7.77. The number of nitrogens with one attached hydrogen (secondary N) is 3. The second-order valence-corrected chi connectivity index (χ2v) is 7.30. The summed E-state index contributed by atoms with van der Waals surface area (Å²) in [6.45, 7) is 1.97. The Balaban J connectivity index is 2.10. The van der Waals surface area contributed by atoms with Crippen LogP contribution in [0.25, 0.3) is 0 Å². The highest BCUT2D eigenvalue weighted by Gasteiger charge is 2.20. The van der Waals surface area contributed by atoms with Gasteiger partial charge in [-0.25, -0.2) is 0 Å². The van der Waals surface area contributed by atoms with E-state index in [-0.39, 0.29) is 28.9 Å². The number of pyridine rings is 1. The van der Waals surface area contributed by atoms with Crippen LogP contribution in [0.15, 0.2) is 44.2 Å². The predicted octanol–water partition coefficient (Wildman–Crippen LogP) is 1.85. The molecule has 148 valence electrons. The first-order valence-electron chi connectivity index (χ1n) is 8.61. The molecule has 1 atom stereocenters. The minimum Gasteiger partial charge on any atom is -0.506 e. The monoisotopic (exact) mass is 403 g/mol. The third kappa shape index (κ3) is 3.72. The van der Waals surface area contributed by atoms with Crippen LogP contribution in [0, 0.1) is 0 Å². The van der Waals surface area contributed by atoms with Gasteiger partial charge in [-0.05, 0) is 17.9 Å². The van der Waals surface area contributed by atoms with Crippen LogP contribution in [0.1, 0.15) is 24.3 Å². The summed E-state index contributed by atoms with van der Waals surface area (Å²) >= 11 is 1.55. The fourth-order valence-electron chi connectivity index (χ4n) is 2.79. The van der Waals surface area contributed by atoms with E-state index in [9.17, 15) is 19.5 Å². The van der Waals surface area contributed by atoms with Gasteiger partial charge in [0.25, 0.3) is 16.7 Å². The Hall–Kier alpha value is -3.27. The number of aromatic nitrogens is 3. The molecular formula is C18H21N5O4S. The number of hydrogen-bond acceptors (Lipinski definition) is 7. The summed E-state index contributed by atoms with van der Waals surface area (Å²) < 4.78 is 2.31. The first-order chi connectivity index (χ1) is 13.3. The smallest absolute Gasteiger partial charge is 0.290 e. The van der Waals surface area contributed by atoms with Crippen molar-refractivity contribution < 1.29 is 5.11 Å². The van der Waals surface area contributed by atoms with Crippen LogP contribution < -0.4 is 27.3 Å². The lowest BCUT2D eigenvalue weighted by Gasteiger charge is -2.20. The van der Waals surface area contributed by atoms with Crippen molar-refractivity contribution in [3.63, 3.8) is 0 Å². The number of aromatic amines is 1. The molecular weight excluding hydrogens is 382 g/mol. The average Bonchev–Trinajstić information content (AvgIpc) is 3.18. The first kappa shape index (κ1) is 19.5. The Morgan fingerprint density at radius 3 is 2.64 bits per heavy atom. The van der Waals surface area contributed by atoms with Crippen LogP contribution in [-0.2, 0) is 14.1 Å². The van der Waals surface area contributed by atoms with Crippen molar-refractivity contribution in [1.82, 2.24) is 14.3 Å². The molecule has 0 saturated carbocycles. The molecule has 0 fully saturated rings. The zero-order valence-corrected chi connectivity index (χ0v) is 16.5. The average molecular weight is 403 g/mol. The van der Waals surface area contributed by atoms with Gasteiger partial charge in [0.2, 0.25) is 0 Å². The number of aromatic hydroxyl groups is 1. The number of aryl methyl sites for hydroxylation is 2. The molecule has 0 amide bonds. The van der Waals surface area contributed by atoms with Crippen LogP contribution >= 0.6 is 11.3 Å². The summed E-state index contributed by atoms with van der Waals surface area (Å²) in [6.07, 6.45) is 2.05. The molecule has 0 unspecified atom stereocenters. The molecule has 3 heterocycles. The summed E-state index contributed by atoms with van der Waals surface area (Å²) in [6, 6.07) is 4.74. The number of hydrogen-bond donors (Lipinski definition) is 4. The zero-order chi connectivity index (χ0) is 20.4. The third-order valence-electron chi connectivity index (χ3n) is 4.34. The van der Waals surface area contributed by atoms with E-state index in [4.69, 9.17) is 0 Å². The molecule has 0 spiro atoms. The van der Waals surface area contributed by atoms with E-state index in [1.807, 2.05) is 24.4 Å². The summed E-state index contributed by atoms with van der Waals surface area (Å²) in [7, 11) is 2.95. The minimum atomic E-state index is -0.489. The normalized spacial score (nSPS) is 12.0. The summed E-state index contributed by atoms with van der Waals surface area (Å²) in [5.41, 5.74) is -1.19. The quantitative estimate of drug-likeness (QED) is 0.498. The molecule has 10 heteroatoms. The second-order valence-electron chi connectivity index (χ2n) is 6.32. The zero-order valence-electron chi connectivity index (χ0n) is 15.6. The van der Waals surface area contributed by atoms with Crippen molar-refractivity contribution >= 4 is 28.4 Å². The molecule has 0 aliphatic rings. The summed E-state index contributed by atoms with van der Waals surface area (Å²) in [5.74, 6) is -0.318. The van der Waals surface area contributed by atoms with Crippen LogP contribution in [0.3, 0.4) is 0 Å². The van der Waals surface area contributed by atoms with E-state index in [0.717, 1.165) is 15.6 Å². The maximum absolute atomic E-state index is 12.7. The highest BCUT2D eigenvalue weighted by Crippen LogP contribution is 2.29. The standard InChI is InChI=1S/C18H21N5O4S/c1-4-10(13-6-5-7-28-13)19-15-16(18(27)23(3)21-17(15)26)20-11-9-22(2)14(25)8-12(11)24/h5-10,19-20,24H,4H2,1-3H3,(H,21,26)/t10-/m1/s1. The van der Waals surface area contributed by atoms with Gasteiger partial charge in [-0.1, -0.05) is 13.0 Å². The lowest BCUT2D eigenvalue weighted by atomic mass is 10.1. The predicted molar refractivity (Wildman–Crippen MR) is 110 cm³/mol. The maximum Gasteiger partial charge on any atom is 0.290 e. The molecule has 0 aromatic carbocycles. The van der Waals surface area contributed by atoms with Gasteiger partial charge in [0, 0.05) is 31.2 Å². The van der Waals surface area contributed by atoms with Gasteiger partial charge in [0.05, 0.1) is 11.7 Å². The Labute approximate surface area is 163 Å². The van der Waals surface area contributed by atoms with E-state index in [1.54, 1.807) is 11.3 Å². The lowest BCUT2D eigenvalue weighted by Crippen LogP contribution is -2.32. The lowest BCUT2D eigenvalue weighted by molar-refractivity contribution is 0.474. The maximum atomic E-state index is 12.7. The largest absolute Gasteiger partial charge is 0.506 e. The van der Waals surface area contributed by atoms with Crippen LogP contribution in [0.5, 0.6) is 5.75 Å². The molecule has 4 N–H and O–H groups in total. The molecule has 0 radical (unpaired) electrons. The van der Waals surface area contributed by atoms with Gasteiger partial charge >= 0.3 is 0 Å². The summed E-state index contributed by atoms with van der Waals surface area (Å²) in [4.78, 5) is 38.0. The van der Waals surface area contributed by atoms with Crippen molar-refractivity contribution in [3.05, 3.63) is 65.7 Å². The van der Waals surface area contributed by atoms with Gasteiger partial charge in [0.15, 0.2) is 0 Å². The Bertz CT molecular complexity index is 1160. The fraction of sp³-hybridized carbons (Fsp3) is 0.278. The van der Waals surface area contributed by atoms with Crippen molar-refractivity contribution in [3.8, 4) is 5.75 Å². The van der Waals surface area contributed by atoms with Gasteiger partial charge in [-0.15, -0.1) is 11.3 Å². The molecule has 3 aromatic rings. The molecule has 0 aliphatic carbocycles. The van der Waals surface area contributed by atoms with E-state index < -0.39 is 16.7 Å². The Morgan fingerprint density at radius 2 is 2.00 bits per heavy atom. The molecule has 3 rings (SSSR count). The molecule has 0 aliphatic heterocycles. The number of H-pyrrole nitrogens is 1. The highest BCUT2D eigenvalue weighted by molar-refractivity contribution is 7.10. The van der Waals surface area contributed by atoms with Crippen LogP contribution in [-0.4, -0.2) is 19.5 Å².